The van der Waals surface area contributed by atoms with Crippen molar-refractivity contribution in [3.8, 4) is 5.75 Å². The van der Waals surface area contributed by atoms with E-state index < -0.39 is 0 Å². The van der Waals surface area contributed by atoms with Crippen LogP contribution in [0.5, 0.6) is 5.75 Å². The molecule has 114 valence electrons. The highest BCUT2D eigenvalue weighted by molar-refractivity contribution is 5.35. The summed E-state index contributed by atoms with van der Waals surface area (Å²) in [6, 6.07) is 5.00. The third-order valence-electron chi connectivity index (χ3n) is 2.68. The summed E-state index contributed by atoms with van der Waals surface area (Å²) >= 11 is 0. The van der Waals surface area contributed by atoms with E-state index in [0.717, 1.165) is 12.0 Å². The summed E-state index contributed by atoms with van der Waals surface area (Å²) in [6.45, 7) is 10.4. The number of hydrogen-bond donors (Lipinski definition) is 1. The lowest BCUT2D eigenvalue weighted by atomic mass is 10.1. The maximum absolute atomic E-state index is 13.9. The largest absolute Gasteiger partial charge is 0.488 e. The number of hydrogen-bond acceptors (Lipinski definition) is 3. The lowest BCUT2D eigenvalue weighted by Crippen LogP contribution is -2.35. The summed E-state index contributed by atoms with van der Waals surface area (Å²) in [5.74, 6) is -0.00181. The minimum atomic E-state index is -0.325. The van der Waals surface area contributed by atoms with E-state index in [-0.39, 0.29) is 11.4 Å². The number of rotatable bonds is 8. The van der Waals surface area contributed by atoms with Crippen molar-refractivity contribution in [1.29, 1.82) is 0 Å². The molecule has 0 aliphatic rings. The lowest BCUT2D eigenvalue weighted by molar-refractivity contribution is 0.0987. The summed E-state index contributed by atoms with van der Waals surface area (Å²) in [7, 11) is 0. The molecule has 20 heavy (non-hydrogen) atoms. The van der Waals surface area contributed by atoms with E-state index in [4.69, 9.17) is 9.47 Å². The highest BCUT2D eigenvalue weighted by Gasteiger charge is 2.13. The number of para-hydroxylation sites is 1. The first-order chi connectivity index (χ1) is 9.44. The Labute approximate surface area is 121 Å². The van der Waals surface area contributed by atoms with Crippen molar-refractivity contribution in [1.82, 2.24) is 5.32 Å². The molecule has 0 unspecified atom stereocenters. The van der Waals surface area contributed by atoms with Crippen LogP contribution in [0, 0.1) is 5.82 Å². The van der Waals surface area contributed by atoms with Gasteiger partial charge in [-0.05, 0) is 33.3 Å². The van der Waals surface area contributed by atoms with Gasteiger partial charge in [0, 0.05) is 24.3 Å². The number of ether oxygens (including phenoxy) is 2. The van der Waals surface area contributed by atoms with Crippen LogP contribution in [-0.2, 0) is 11.3 Å². The molecule has 0 radical (unpaired) electrons. The molecule has 1 N–H and O–H groups in total. The van der Waals surface area contributed by atoms with Gasteiger partial charge in [0.25, 0.3) is 0 Å². The third-order valence-corrected chi connectivity index (χ3v) is 2.68. The van der Waals surface area contributed by atoms with Gasteiger partial charge in [-0.15, -0.1) is 0 Å². The molecule has 0 heterocycles. The van der Waals surface area contributed by atoms with Gasteiger partial charge in [-0.1, -0.05) is 19.1 Å². The Balaban J connectivity index is 2.59. The summed E-state index contributed by atoms with van der Waals surface area (Å²) in [6.07, 6.45) is 0.973. The van der Waals surface area contributed by atoms with Crippen LogP contribution in [0.15, 0.2) is 18.2 Å². The molecular weight excluding hydrogens is 257 g/mol. The zero-order valence-corrected chi connectivity index (χ0v) is 13.0. The molecule has 0 bridgehead atoms. The van der Waals surface area contributed by atoms with Gasteiger partial charge in [0.2, 0.25) is 0 Å². The van der Waals surface area contributed by atoms with Crippen LogP contribution in [0.1, 0.15) is 39.7 Å². The number of nitrogens with one attached hydrogen (secondary N) is 1. The average molecular weight is 283 g/mol. The second-order valence-corrected chi connectivity index (χ2v) is 5.79. The van der Waals surface area contributed by atoms with Gasteiger partial charge in [-0.25, -0.2) is 4.39 Å². The van der Waals surface area contributed by atoms with E-state index in [1.165, 1.54) is 6.07 Å². The first-order valence-electron chi connectivity index (χ1n) is 7.17. The van der Waals surface area contributed by atoms with Crippen LogP contribution in [-0.4, -0.2) is 25.4 Å². The van der Waals surface area contributed by atoms with Crippen LogP contribution in [0.3, 0.4) is 0 Å². The summed E-state index contributed by atoms with van der Waals surface area (Å²) in [5.41, 5.74) is 0.809. The molecule has 3 nitrogen and oxygen atoms in total. The summed E-state index contributed by atoms with van der Waals surface area (Å²) < 4.78 is 24.7. The topological polar surface area (TPSA) is 30.5 Å². The third kappa shape index (κ3) is 6.35. The summed E-state index contributed by atoms with van der Waals surface area (Å²) in [5, 5.41) is 3.34. The molecule has 0 aliphatic carbocycles. The van der Waals surface area contributed by atoms with Crippen molar-refractivity contribution < 1.29 is 13.9 Å². The Morgan fingerprint density at radius 3 is 2.55 bits per heavy atom. The van der Waals surface area contributed by atoms with E-state index in [1.807, 2.05) is 13.0 Å². The van der Waals surface area contributed by atoms with E-state index in [0.29, 0.717) is 32.1 Å². The number of halogens is 1. The first kappa shape index (κ1) is 16.9. The Bertz CT molecular complexity index is 402. The molecule has 0 saturated heterocycles. The van der Waals surface area contributed by atoms with E-state index >= 15 is 0 Å². The van der Waals surface area contributed by atoms with Crippen LogP contribution in [0.4, 0.5) is 4.39 Å². The van der Waals surface area contributed by atoms with Gasteiger partial charge in [-0.2, -0.15) is 0 Å². The maximum Gasteiger partial charge on any atom is 0.165 e. The van der Waals surface area contributed by atoms with Crippen molar-refractivity contribution in [3.05, 3.63) is 29.6 Å². The van der Waals surface area contributed by atoms with Crippen LogP contribution >= 0.6 is 0 Å². The zero-order valence-electron chi connectivity index (χ0n) is 13.0. The molecule has 0 fully saturated rings. The molecule has 1 rings (SSSR count). The van der Waals surface area contributed by atoms with E-state index in [9.17, 15) is 4.39 Å². The second kappa shape index (κ2) is 8.22. The Hall–Kier alpha value is -1.13. The SMILES string of the molecule is CCCOCCOc1c(F)cccc1CNC(C)(C)C. The molecule has 4 heteroatoms. The van der Waals surface area contributed by atoms with E-state index in [2.05, 4.69) is 26.1 Å². The molecule has 0 aromatic heterocycles. The minimum Gasteiger partial charge on any atom is -0.488 e. The van der Waals surface area contributed by atoms with Gasteiger partial charge < -0.3 is 14.8 Å². The van der Waals surface area contributed by atoms with Crippen molar-refractivity contribution in [3.63, 3.8) is 0 Å². The monoisotopic (exact) mass is 283 g/mol. The first-order valence-corrected chi connectivity index (χ1v) is 7.17. The highest BCUT2D eigenvalue weighted by Crippen LogP contribution is 2.23. The van der Waals surface area contributed by atoms with Gasteiger partial charge in [0.05, 0.1) is 6.61 Å². The lowest BCUT2D eigenvalue weighted by Gasteiger charge is -2.21. The average Bonchev–Trinajstić information content (AvgIpc) is 2.37. The predicted octanol–water partition coefficient (Wildman–Crippen LogP) is 3.52. The van der Waals surface area contributed by atoms with Crippen LogP contribution in [0.25, 0.3) is 0 Å². The van der Waals surface area contributed by atoms with Crippen molar-refractivity contribution >= 4 is 0 Å². The van der Waals surface area contributed by atoms with Crippen molar-refractivity contribution in [2.45, 2.75) is 46.2 Å². The van der Waals surface area contributed by atoms with E-state index in [1.54, 1.807) is 6.07 Å². The van der Waals surface area contributed by atoms with Gasteiger partial charge in [0.15, 0.2) is 11.6 Å². The van der Waals surface area contributed by atoms with Crippen LogP contribution < -0.4 is 10.1 Å². The Morgan fingerprint density at radius 2 is 1.90 bits per heavy atom. The quantitative estimate of drug-likeness (QED) is 0.740. The molecule has 0 atom stereocenters. The Morgan fingerprint density at radius 1 is 1.15 bits per heavy atom. The fourth-order valence-corrected chi connectivity index (χ4v) is 1.66. The molecule has 1 aromatic carbocycles. The van der Waals surface area contributed by atoms with Gasteiger partial charge in [-0.3, -0.25) is 0 Å². The fourth-order valence-electron chi connectivity index (χ4n) is 1.66. The Kier molecular flexibility index (Phi) is 6.96. The van der Waals surface area contributed by atoms with Crippen molar-refractivity contribution in [2.75, 3.05) is 19.8 Å². The van der Waals surface area contributed by atoms with Gasteiger partial charge >= 0.3 is 0 Å². The number of benzene rings is 1. The van der Waals surface area contributed by atoms with Crippen molar-refractivity contribution in [2.24, 2.45) is 0 Å². The molecule has 0 spiro atoms. The molecule has 0 aliphatic heterocycles. The van der Waals surface area contributed by atoms with Crippen LogP contribution in [0.2, 0.25) is 0 Å². The molecule has 0 amide bonds. The summed E-state index contributed by atoms with van der Waals surface area (Å²) in [4.78, 5) is 0. The standard InChI is InChI=1S/C16H26FNO2/c1-5-9-19-10-11-20-15-13(7-6-8-14(15)17)12-18-16(2,3)4/h6-8,18H,5,9-12H2,1-4H3. The van der Waals surface area contributed by atoms with Gasteiger partial charge in [0.1, 0.15) is 6.61 Å². The smallest absolute Gasteiger partial charge is 0.165 e. The molecular formula is C16H26FNO2. The normalized spacial score (nSPS) is 11.7. The predicted molar refractivity (Wildman–Crippen MR) is 79.6 cm³/mol. The maximum atomic E-state index is 13.9. The zero-order chi connectivity index (χ0) is 15.0. The molecule has 0 saturated carbocycles. The second-order valence-electron chi connectivity index (χ2n) is 5.79. The minimum absolute atomic E-state index is 0.0200. The highest BCUT2D eigenvalue weighted by atomic mass is 19.1. The molecule has 1 aromatic rings. The fraction of sp³-hybridized carbons (Fsp3) is 0.625.